The topological polar surface area (TPSA) is 89.7 Å². The van der Waals surface area contributed by atoms with E-state index in [2.05, 4.69) is 32.4 Å². The number of benzene rings is 2. The highest BCUT2D eigenvalue weighted by Gasteiger charge is 2.20. The van der Waals surface area contributed by atoms with E-state index in [1.54, 1.807) is 6.20 Å². The van der Waals surface area contributed by atoms with Gasteiger partial charge in [0.15, 0.2) is 5.82 Å². The quantitative estimate of drug-likeness (QED) is 0.449. The summed E-state index contributed by atoms with van der Waals surface area (Å²) >= 11 is 6.46. The molecule has 158 valence electrons. The molecule has 1 saturated heterocycles. The Morgan fingerprint density at radius 1 is 1.13 bits per heavy atom. The van der Waals surface area contributed by atoms with Crippen LogP contribution in [0.4, 0.5) is 5.82 Å². The summed E-state index contributed by atoms with van der Waals surface area (Å²) < 4.78 is 0. The van der Waals surface area contributed by atoms with Crippen LogP contribution in [0.25, 0.3) is 33.4 Å². The first kappa shape index (κ1) is 19.8. The van der Waals surface area contributed by atoms with Crippen molar-refractivity contribution in [3.05, 3.63) is 64.0 Å². The summed E-state index contributed by atoms with van der Waals surface area (Å²) in [6.07, 6.45) is 3.67. The highest BCUT2D eigenvalue weighted by Crippen LogP contribution is 2.33. The third-order valence-electron chi connectivity index (χ3n) is 5.81. The average molecular weight is 435 g/mol. The van der Waals surface area contributed by atoms with E-state index in [-0.39, 0.29) is 11.6 Å². The van der Waals surface area contributed by atoms with Crippen LogP contribution in [0, 0.1) is 0 Å². The Morgan fingerprint density at radius 3 is 2.68 bits per heavy atom. The number of nitrogens with zero attached hydrogens (tertiary/aromatic N) is 3. The van der Waals surface area contributed by atoms with Gasteiger partial charge in [0.2, 0.25) is 0 Å². The highest BCUT2D eigenvalue weighted by molar-refractivity contribution is 6.35. The van der Waals surface area contributed by atoms with Gasteiger partial charge in [-0.25, -0.2) is 4.98 Å². The minimum absolute atomic E-state index is 0.232. The molecule has 0 spiro atoms. The van der Waals surface area contributed by atoms with Gasteiger partial charge in [0, 0.05) is 22.6 Å². The predicted molar refractivity (Wildman–Crippen MR) is 125 cm³/mol. The minimum atomic E-state index is -0.239. The summed E-state index contributed by atoms with van der Waals surface area (Å²) in [6.45, 7) is 2.00. The molecule has 1 fully saturated rings. The number of nitrogens with one attached hydrogen (secondary N) is 3. The standard InChI is InChI=1S/C23H23ClN6O/c1-30-9-7-17(8-10-30)26-22-23(31)28-21(20(27-22)14-5-3-2-4-6-14)15-11-16-13-25-29-19(16)18(24)12-15/h2-6,11-13,17H,7-10H2,1H3,(H,25,29)(H,26,27)(H,28,31). The van der Waals surface area contributed by atoms with Gasteiger partial charge in [-0.05, 0) is 45.1 Å². The molecule has 0 saturated carbocycles. The summed E-state index contributed by atoms with van der Waals surface area (Å²) in [5.74, 6) is 0.354. The highest BCUT2D eigenvalue weighted by atomic mass is 35.5. The fourth-order valence-corrected chi connectivity index (χ4v) is 4.34. The molecule has 5 rings (SSSR count). The van der Waals surface area contributed by atoms with Crippen LogP contribution in [0.3, 0.4) is 0 Å². The lowest BCUT2D eigenvalue weighted by Crippen LogP contribution is -2.38. The smallest absolute Gasteiger partial charge is 0.291 e. The number of rotatable bonds is 4. The van der Waals surface area contributed by atoms with Gasteiger partial charge in [0.1, 0.15) is 0 Å². The zero-order valence-corrected chi connectivity index (χ0v) is 17.9. The SMILES string of the molecule is CN1CCC(Nc2nc(-c3ccccc3)c(-c3cc(Cl)c4[nH]ncc4c3)[nH]c2=O)CC1. The van der Waals surface area contributed by atoms with Gasteiger partial charge in [0.05, 0.1) is 28.1 Å². The molecule has 2 aromatic carbocycles. The van der Waals surface area contributed by atoms with Crippen molar-refractivity contribution in [2.45, 2.75) is 18.9 Å². The van der Waals surface area contributed by atoms with Gasteiger partial charge >= 0.3 is 0 Å². The van der Waals surface area contributed by atoms with Crippen LogP contribution in [0.2, 0.25) is 5.02 Å². The molecule has 31 heavy (non-hydrogen) atoms. The Morgan fingerprint density at radius 2 is 1.90 bits per heavy atom. The zero-order chi connectivity index (χ0) is 21.4. The van der Waals surface area contributed by atoms with Gasteiger partial charge < -0.3 is 15.2 Å². The fraction of sp³-hybridized carbons (Fsp3) is 0.261. The largest absolute Gasteiger partial charge is 0.363 e. The first-order valence-corrected chi connectivity index (χ1v) is 10.7. The first-order chi connectivity index (χ1) is 15.1. The van der Waals surface area contributed by atoms with Crippen LogP contribution in [-0.2, 0) is 0 Å². The number of H-pyrrole nitrogens is 2. The van der Waals surface area contributed by atoms with Crippen LogP contribution < -0.4 is 10.9 Å². The predicted octanol–water partition coefficient (Wildman–Crippen LogP) is 4.14. The van der Waals surface area contributed by atoms with Gasteiger partial charge in [-0.2, -0.15) is 5.10 Å². The second-order valence-corrected chi connectivity index (χ2v) is 8.43. The Labute approximate surface area is 184 Å². The molecule has 2 aromatic heterocycles. The summed E-state index contributed by atoms with van der Waals surface area (Å²) in [5.41, 5.74) is 3.57. The number of likely N-dealkylation sites (tertiary alicyclic amines) is 1. The van der Waals surface area contributed by atoms with E-state index in [1.807, 2.05) is 42.5 Å². The number of hydrogen-bond acceptors (Lipinski definition) is 5. The Balaban J connectivity index is 1.62. The zero-order valence-electron chi connectivity index (χ0n) is 17.2. The molecule has 0 aliphatic carbocycles. The van der Waals surface area contributed by atoms with Crippen molar-refractivity contribution in [3.8, 4) is 22.5 Å². The summed E-state index contributed by atoms with van der Waals surface area (Å²) in [6, 6.07) is 13.9. The number of hydrogen-bond donors (Lipinski definition) is 3. The molecule has 1 aliphatic rings. The van der Waals surface area contributed by atoms with Crippen molar-refractivity contribution in [1.82, 2.24) is 25.1 Å². The second-order valence-electron chi connectivity index (χ2n) is 8.02. The monoisotopic (exact) mass is 434 g/mol. The molecule has 0 bridgehead atoms. The van der Waals surface area contributed by atoms with Gasteiger partial charge in [0.25, 0.3) is 5.56 Å². The maximum atomic E-state index is 13.0. The second kappa shape index (κ2) is 8.17. The average Bonchev–Trinajstić information content (AvgIpc) is 3.26. The van der Waals surface area contributed by atoms with Crippen LogP contribution in [0.15, 0.2) is 53.5 Å². The van der Waals surface area contributed by atoms with Gasteiger partial charge in [-0.1, -0.05) is 41.9 Å². The lowest BCUT2D eigenvalue weighted by Gasteiger charge is -2.29. The van der Waals surface area contributed by atoms with Crippen molar-refractivity contribution in [1.29, 1.82) is 0 Å². The molecule has 3 N–H and O–H groups in total. The van der Waals surface area contributed by atoms with Crippen LogP contribution in [-0.4, -0.2) is 51.2 Å². The number of aromatic nitrogens is 4. The van der Waals surface area contributed by atoms with E-state index in [4.69, 9.17) is 16.6 Å². The molecular formula is C23H23ClN6O. The first-order valence-electron chi connectivity index (χ1n) is 10.4. The number of piperidine rings is 1. The van der Waals surface area contributed by atoms with Crippen molar-refractivity contribution >= 4 is 28.3 Å². The molecule has 0 atom stereocenters. The van der Waals surface area contributed by atoms with E-state index >= 15 is 0 Å². The molecule has 4 aromatic rings. The fourth-order valence-electron chi connectivity index (χ4n) is 4.07. The van der Waals surface area contributed by atoms with E-state index in [0.717, 1.165) is 48.0 Å². The van der Waals surface area contributed by atoms with Crippen LogP contribution >= 0.6 is 11.6 Å². The van der Waals surface area contributed by atoms with E-state index < -0.39 is 0 Å². The summed E-state index contributed by atoms with van der Waals surface area (Å²) in [5, 5.41) is 11.8. The summed E-state index contributed by atoms with van der Waals surface area (Å²) in [7, 11) is 2.12. The maximum absolute atomic E-state index is 13.0. The molecule has 0 amide bonds. The molecule has 7 nitrogen and oxygen atoms in total. The van der Waals surface area contributed by atoms with Crippen LogP contribution in [0.1, 0.15) is 12.8 Å². The normalized spacial score (nSPS) is 15.4. The van der Waals surface area contributed by atoms with Gasteiger partial charge in [-0.3, -0.25) is 9.89 Å². The van der Waals surface area contributed by atoms with E-state index in [0.29, 0.717) is 22.2 Å². The lowest BCUT2D eigenvalue weighted by molar-refractivity contribution is 0.263. The Bertz CT molecular complexity index is 1270. The summed E-state index contributed by atoms with van der Waals surface area (Å²) in [4.78, 5) is 23.1. The van der Waals surface area contributed by atoms with Crippen LogP contribution in [0.5, 0.6) is 0 Å². The maximum Gasteiger partial charge on any atom is 0.291 e. The third-order valence-corrected chi connectivity index (χ3v) is 6.11. The third kappa shape index (κ3) is 3.94. The molecule has 0 radical (unpaired) electrons. The number of fused-ring (bicyclic) bond motifs is 1. The van der Waals surface area contributed by atoms with Gasteiger partial charge in [-0.15, -0.1) is 0 Å². The van der Waals surface area contributed by atoms with E-state index in [9.17, 15) is 4.79 Å². The lowest BCUT2D eigenvalue weighted by atomic mass is 10.0. The molecule has 3 heterocycles. The van der Waals surface area contributed by atoms with E-state index in [1.165, 1.54) is 0 Å². The number of halogens is 1. The minimum Gasteiger partial charge on any atom is -0.363 e. The number of anilines is 1. The molecular weight excluding hydrogens is 412 g/mol. The molecule has 0 unspecified atom stereocenters. The Kier molecular flexibility index (Phi) is 5.21. The van der Waals surface area contributed by atoms with Crippen molar-refractivity contribution in [2.75, 3.05) is 25.5 Å². The number of aromatic amines is 2. The van der Waals surface area contributed by atoms with Crippen molar-refractivity contribution in [2.24, 2.45) is 0 Å². The molecule has 8 heteroatoms. The molecule has 1 aliphatic heterocycles. The van der Waals surface area contributed by atoms with Crippen molar-refractivity contribution < 1.29 is 0 Å². The van der Waals surface area contributed by atoms with Crippen molar-refractivity contribution in [3.63, 3.8) is 0 Å². The Hall–Kier alpha value is -3.16.